The molecule has 2 heteroatoms. The molecule has 0 aliphatic carbocycles. The van der Waals surface area contributed by atoms with Gasteiger partial charge in [-0.15, -0.1) is 0 Å². The SMILES string of the molecule is COc1ccc(C2C=COC2)cc1. The molecule has 13 heavy (non-hydrogen) atoms. The van der Waals surface area contributed by atoms with E-state index in [1.54, 1.807) is 13.4 Å². The second-order valence-electron chi connectivity index (χ2n) is 3.04. The highest BCUT2D eigenvalue weighted by Gasteiger charge is 2.12. The topological polar surface area (TPSA) is 18.5 Å². The molecule has 0 fully saturated rings. The molecule has 1 aliphatic heterocycles. The fourth-order valence-electron chi connectivity index (χ4n) is 1.42. The van der Waals surface area contributed by atoms with Gasteiger partial charge in [0.1, 0.15) is 5.75 Å². The molecule has 68 valence electrons. The van der Waals surface area contributed by atoms with Crippen molar-refractivity contribution < 1.29 is 9.47 Å². The standard InChI is InChI=1S/C11H12O2/c1-12-11-4-2-9(3-5-11)10-6-7-13-8-10/h2-7,10H,8H2,1H3. The molecule has 1 unspecified atom stereocenters. The largest absolute Gasteiger partial charge is 0.501 e. The van der Waals surface area contributed by atoms with Crippen LogP contribution in [0.25, 0.3) is 0 Å². The average Bonchev–Trinajstić information content (AvgIpc) is 2.71. The van der Waals surface area contributed by atoms with E-state index in [1.807, 2.05) is 12.1 Å². The Morgan fingerprint density at radius 1 is 1.31 bits per heavy atom. The Balaban J connectivity index is 2.17. The highest BCUT2D eigenvalue weighted by atomic mass is 16.5. The van der Waals surface area contributed by atoms with E-state index in [4.69, 9.17) is 9.47 Å². The van der Waals surface area contributed by atoms with Gasteiger partial charge >= 0.3 is 0 Å². The Kier molecular flexibility index (Phi) is 2.21. The van der Waals surface area contributed by atoms with Crippen LogP contribution in [0.2, 0.25) is 0 Å². The molecule has 0 N–H and O–H groups in total. The van der Waals surface area contributed by atoms with Crippen LogP contribution < -0.4 is 4.74 Å². The molecule has 0 amide bonds. The van der Waals surface area contributed by atoms with Crippen LogP contribution in [-0.4, -0.2) is 13.7 Å². The van der Waals surface area contributed by atoms with E-state index in [0.717, 1.165) is 12.4 Å². The quantitative estimate of drug-likeness (QED) is 0.688. The Morgan fingerprint density at radius 2 is 2.08 bits per heavy atom. The molecule has 0 radical (unpaired) electrons. The Morgan fingerprint density at radius 3 is 2.62 bits per heavy atom. The van der Waals surface area contributed by atoms with Gasteiger partial charge in [-0.2, -0.15) is 0 Å². The van der Waals surface area contributed by atoms with E-state index in [2.05, 4.69) is 18.2 Å². The molecule has 0 spiro atoms. The van der Waals surface area contributed by atoms with Gasteiger partial charge in [0.05, 0.1) is 20.0 Å². The van der Waals surface area contributed by atoms with Gasteiger partial charge in [0.15, 0.2) is 0 Å². The van der Waals surface area contributed by atoms with Crippen molar-refractivity contribution >= 4 is 0 Å². The van der Waals surface area contributed by atoms with Crippen LogP contribution in [0.4, 0.5) is 0 Å². The van der Waals surface area contributed by atoms with Crippen molar-refractivity contribution in [1.29, 1.82) is 0 Å². The molecule has 1 aromatic carbocycles. The molecule has 0 aromatic heterocycles. The normalized spacial score (nSPS) is 19.9. The zero-order valence-electron chi connectivity index (χ0n) is 7.57. The van der Waals surface area contributed by atoms with Gasteiger partial charge in [-0.3, -0.25) is 0 Å². The van der Waals surface area contributed by atoms with Gasteiger partial charge < -0.3 is 9.47 Å². The first-order chi connectivity index (χ1) is 6.40. The molecule has 1 atom stereocenters. The zero-order chi connectivity index (χ0) is 9.10. The number of benzene rings is 1. The summed E-state index contributed by atoms with van der Waals surface area (Å²) < 4.78 is 10.2. The third-order valence-corrected chi connectivity index (χ3v) is 2.23. The molecule has 1 heterocycles. The van der Waals surface area contributed by atoms with Crippen molar-refractivity contribution in [3.63, 3.8) is 0 Å². The van der Waals surface area contributed by atoms with Crippen molar-refractivity contribution in [3.8, 4) is 5.75 Å². The summed E-state index contributed by atoms with van der Waals surface area (Å²) in [7, 11) is 1.67. The van der Waals surface area contributed by atoms with E-state index in [9.17, 15) is 0 Å². The van der Waals surface area contributed by atoms with Gasteiger partial charge in [0, 0.05) is 5.92 Å². The average molecular weight is 176 g/mol. The predicted octanol–water partition coefficient (Wildman–Crippen LogP) is 2.32. The minimum Gasteiger partial charge on any atom is -0.501 e. The van der Waals surface area contributed by atoms with Crippen molar-refractivity contribution in [3.05, 3.63) is 42.2 Å². The fourth-order valence-corrected chi connectivity index (χ4v) is 1.42. The maximum atomic E-state index is 5.16. The van der Waals surface area contributed by atoms with Gasteiger partial charge in [-0.05, 0) is 23.8 Å². The summed E-state index contributed by atoms with van der Waals surface area (Å²) >= 11 is 0. The maximum Gasteiger partial charge on any atom is 0.118 e. The molecule has 0 bridgehead atoms. The van der Waals surface area contributed by atoms with Crippen molar-refractivity contribution in [2.24, 2.45) is 0 Å². The smallest absolute Gasteiger partial charge is 0.118 e. The Hall–Kier alpha value is -1.44. The van der Waals surface area contributed by atoms with Gasteiger partial charge in [-0.25, -0.2) is 0 Å². The van der Waals surface area contributed by atoms with Crippen LogP contribution in [0.5, 0.6) is 5.75 Å². The first kappa shape index (κ1) is 8.17. The van der Waals surface area contributed by atoms with Crippen LogP contribution in [0, 0.1) is 0 Å². The first-order valence-electron chi connectivity index (χ1n) is 4.32. The van der Waals surface area contributed by atoms with Gasteiger partial charge in [0.25, 0.3) is 0 Å². The number of ether oxygens (including phenoxy) is 2. The summed E-state index contributed by atoms with van der Waals surface area (Å²) in [5, 5.41) is 0. The van der Waals surface area contributed by atoms with Crippen molar-refractivity contribution in [1.82, 2.24) is 0 Å². The summed E-state index contributed by atoms with van der Waals surface area (Å²) in [5.41, 5.74) is 1.27. The number of hydrogen-bond donors (Lipinski definition) is 0. The summed E-state index contributed by atoms with van der Waals surface area (Å²) in [6, 6.07) is 8.09. The molecule has 1 aliphatic rings. The van der Waals surface area contributed by atoms with Gasteiger partial charge in [-0.1, -0.05) is 12.1 Å². The lowest BCUT2D eigenvalue weighted by Crippen LogP contribution is -1.96. The van der Waals surface area contributed by atoms with Crippen LogP contribution in [0.1, 0.15) is 11.5 Å². The van der Waals surface area contributed by atoms with Crippen LogP contribution >= 0.6 is 0 Å². The molecule has 0 saturated carbocycles. The van der Waals surface area contributed by atoms with Crippen molar-refractivity contribution in [2.75, 3.05) is 13.7 Å². The van der Waals surface area contributed by atoms with Crippen LogP contribution in [0.15, 0.2) is 36.6 Å². The third kappa shape index (κ3) is 1.66. The Labute approximate surface area is 77.8 Å². The summed E-state index contributed by atoms with van der Waals surface area (Å²) in [6.07, 6.45) is 3.83. The third-order valence-electron chi connectivity index (χ3n) is 2.23. The minimum absolute atomic E-state index is 0.408. The zero-order valence-corrected chi connectivity index (χ0v) is 7.57. The Bertz CT molecular complexity index is 300. The summed E-state index contributed by atoms with van der Waals surface area (Å²) in [6.45, 7) is 0.756. The lowest BCUT2D eigenvalue weighted by atomic mass is 10.0. The highest BCUT2D eigenvalue weighted by molar-refractivity contribution is 5.31. The highest BCUT2D eigenvalue weighted by Crippen LogP contribution is 2.23. The molecular weight excluding hydrogens is 164 g/mol. The molecule has 2 nitrogen and oxygen atoms in total. The second kappa shape index (κ2) is 3.52. The van der Waals surface area contributed by atoms with E-state index in [0.29, 0.717) is 5.92 Å². The fraction of sp³-hybridized carbons (Fsp3) is 0.273. The van der Waals surface area contributed by atoms with E-state index in [-0.39, 0.29) is 0 Å². The minimum atomic E-state index is 0.408. The van der Waals surface area contributed by atoms with Crippen molar-refractivity contribution in [2.45, 2.75) is 5.92 Å². The number of hydrogen-bond acceptors (Lipinski definition) is 2. The first-order valence-corrected chi connectivity index (χ1v) is 4.32. The lowest BCUT2D eigenvalue weighted by Gasteiger charge is -2.07. The van der Waals surface area contributed by atoms with Gasteiger partial charge in [0.2, 0.25) is 0 Å². The molecule has 0 saturated heterocycles. The lowest BCUT2D eigenvalue weighted by molar-refractivity contribution is 0.269. The van der Waals surface area contributed by atoms with E-state index >= 15 is 0 Å². The van der Waals surface area contributed by atoms with E-state index in [1.165, 1.54) is 5.56 Å². The summed E-state index contributed by atoms with van der Waals surface area (Å²) in [4.78, 5) is 0. The van der Waals surface area contributed by atoms with E-state index < -0.39 is 0 Å². The van der Waals surface area contributed by atoms with Crippen LogP contribution in [-0.2, 0) is 4.74 Å². The number of rotatable bonds is 2. The van der Waals surface area contributed by atoms with Crippen LogP contribution in [0.3, 0.4) is 0 Å². The molecule has 1 aromatic rings. The molecule has 2 rings (SSSR count). The maximum absolute atomic E-state index is 5.16. The number of methoxy groups -OCH3 is 1. The monoisotopic (exact) mass is 176 g/mol. The molecular formula is C11H12O2. The summed E-state index contributed by atoms with van der Waals surface area (Å²) in [5.74, 6) is 1.30. The second-order valence-corrected chi connectivity index (χ2v) is 3.04. The predicted molar refractivity (Wildman–Crippen MR) is 50.8 cm³/mol.